The number of carbonyl (C=O) groups is 2. The van der Waals surface area contributed by atoms with Gasteiger partial charge in [0.25, 0.3) is 0 Å². The van der Waals surface area contributed by atoms with Crippen LogP contribution in [0.25, 0.3) is 0 Å². The molecule has 3 fully saturated rings. The van der Waals surface area contributed by atoms with Crippen LogP contribution in [0.1, 0.15) is 30.9 Å². The van der Waals surface area contributed by atoms with Gasteiger partial charge in [-0.15, -0.1) is 5.10 Å². The first-order valence-electron chi connectivity index (χ1n) is 9.21. The summed E-state index contributed by atoms with van der Waals surface area (Å²) in [6.07, 6.45) is 2.63. The molecule has 0 aliphatic carbocycles. The van der Waals surface area contributed by atoms with Crippen molar-refractivity contribution in [1.82, 2.24) is 30.0 Å². The molecule has 9 nitrogen and oxygen atoms in total. The standard InChI is InChI=1S/C18H20N6O3/c25-16(6-8-22-12-19-20-21-22)23-9-7-18-15(23)10-17(26)24(18)11-14(27-18)13-4-2-1-3-5-13/h1-5,12,14-15H,6-11H2/t14-,15-,18+/m1/s1. The highest BCUT2D eigenvalue weighted by Crippen LogP contribution is 2.50. The molecule has 1 aromatic heterocycles. The summed E-state index contributed by atoms with van der Waals surface area (Å²) in [6.45, 7) is 1.57. The van der Waals surface area contributed by atoms with Crippen LogP contribution in [0.4, 0.5) is 0 Å². The minimum absolute atomic E-state index is 0.00814. The third-order valence-electron chi connectivity index (χ3n) is 5.87. The minimum Gasteiger partial charge on any atom is -0.343 e. The quantitative estimate of drug-likeness (QED) is 0.774. The third kappa shape index (κ3) is 2.53. The van der Waals surface area contributed by atoms with E-state index in [1.165, 1.54) is 11.0 Å². The Morgan fingerprint density at radius 2 is 2.15 bits per heavy atom. The van der Waals surface area contributed by atoms with Gasteiger partial charge in [0.2, 0.25) is 11.8 Å². The Morgan fingerprint density at radius 3 is 2.93 bits per heavy atom. The molecule has 1 aromatic carbocycles. The van der Waals surface area contributed by atoms with Crippen LogP contribution in [0.5, 0.6) is 0 Å². The second-order valence-corrected chi connectivity index (χ2v) is 7.25. The summed E-state index contributed by atoms with van der Waals surface area (Å²) in [5.41, 5.74) is 0.387. The third-order valence-corrected chi connectivity index (χ3v) is 5.87. The van der Waals surface area contributed by atoms with Crippen molar-refractivity contribution in [3.8, 4) is 0 Å². The van der Waals surface area contributed by atoms with Gasteiger partial charge in [-0.1, -0.05) is 30.3 Å². The van der Waals surface area contributed by atoms with Gasteiger partial charge in [-0.3, -0.25) is 9.59 Å². The lowest BCUT2D eigenvalue weighted by Crippen LogP contribution is -2.48. The smallest absolute Gasteiger partial charge is 0.227 e. The highest BCUT2D eigenvalue weighted by atomic mass is 16.5. The normalized spacial score (nSPS) is 29.3. The summed E-state index contributed by atoms with van der Waals surface area (Å²) in [5.74, 6) is 0.0743. The van der Waals surface area contributed by atoms with Crippen molar-refractivity contribution in [3.05, 3.63) is 42.2 Å². The van der Waals surface area contributed by atoms with Crippen molar-refractivity contribution in [2.24, 2.45) is 0 Å². The van der Waals surface area contributed by atoms with Crippen molar-refractivity contribution < 1.29 is 14.3 Å². The van der Waals surface area contributed by atoms with Crippen LogP contribution in [-0.2, 0) is 20.9 Å². The first-order valence-corrected chi connectivity index (χ1v) is 9.21. The molecule has 140 valence electrons. The van der Waals surface area contributed by atoms with E-state index >= 15 is 0 Å². The van der Waals surface area contributed by atoms with E-state index in [4.69, 9.17) is 4.74 Å². The van der Waals surface area contributed by atoms with E-state index in [0.717, 1.165) is 5.56 Å². The van der Waals surface area contributed by atoms with Gasteiger partial charge in [0.05, 0.1) is 25.6 Å². The number of likely N-dealkylation sites (tertiary alicyclic amines) is 1. The van der Waals surface area contributed by atoms with E-state index in [1.54, 1.807) is 0 Å². The molecule has 4 heterocycles. The molecular formula is C18H20N6O3. The maximum Gasteiger partial charge on any atom is 0.227 e. The number of rotatable bonds is 4. The number of hydrogen-bond acceptors (Lipinski definition) is 6. The van der Waals surface area contributed by atoms with E-state index < -0.39 is 5.72 Å². The maximum absolute atomic E-state index is 12.8. The zero-order valence-electron chi connectivity index (χ0n) is 14.8. The summed E-state index contributed by atoms with van der Waals surface area (Å²) in [4.78, 5) is 29.1. The molecule has 1 spiro atoms. The fourth-order valence-corrected chi connectivity index (χ4v) is 4.60. The Hall–Kier alpha value is -2.81. The molecule has 9 heteroatoms. The Kier molecular flexibility index (Phi) is 3.71. The van der Waals surface area contributed by atoms with Crippen LogP contribution >= 0.6 is 0 Å². The molecule has 0 N–H and O–H groups in total. The summed E-state index contributed by atoms with van der Waals surface area (Å²) >= 11 is 0. The van der Waals surface area contributed by atoms with Crippen molar-refractivity contribution >= 4 is 11.8 Å². The lowest BCUT2D eigenvalue weighted by Gasteiger charge is -2.32. The van der Waals surface area contributed by atoms with E-state index in [2.05, 4.69) is 15.5 Å². The Bertz CT molecular complexity index is 857. The minimum atomic E-state index is -0.679. The van der Waals surface area contributed by atoms with Crippen LogP contribution in [0.2, 0.25) is 0 Å². The predicted molar refractivity (Wildman–Crippen MR) is 91.9 cm³/mol. The molecule has 0 radical (unpaired) electrons. The average Bonchev–Trinajstić information content (AvgIpc) is 3.44. The lowest BCUT2D eigenvalue weighted by atomic mass is 10.1. The summed E-state index contributed by atoms with van der Waals surface area (Å²) in [6, 6.07) is 9.73. The second-order valence-electron chi connectivity index (χ2n) is 7.25. The first-order chi connectivity index (χ1) is 13.2. The second kappa shape index (κ2) is 6.12. The average molecular weight is 368 g/mol. The van der Waals surface area contributed by atoms with Crippen molar-refractivity contribution in [3.63, 3.8) is 0 Å². The van der Waals surface area contributed by atoms with E-state index in [1.807, 2.05) is 40.1 Å². The van der Waals surface area contributed by atoms with Gasteiger partial charge in [-0.2, -0.15) is 0 Å². The van der Waals surface area contributed by atoms with Crippen molar-refractivity contribution in [2.45, 2.75) is 43.7 Å². The van der Waals surface area contributed by atoms with E-state index in [9.17, 15) is 9.59 Å². The number of aryl methyl sites for hydroxylation is 1. The first kappa shape index (κ1) is 16.4. The van der Waals surface area contributed by atoms with Gasteiger partial charge < -0.3 is 14.5 Å². The molecule has 0 bridgehead atoms. The highest BCUT2D eigenvalue weighted by molar-refractivity contribution is 5.84. The molecule has 3 saturated heterocycles. The van der Waals surface area contributed by atoms with Gasteiger partial charge in [-0.05, 0) is 16.0 Å². The highest BCUT2D eigenvalue weighted by Gasteiger charge is 2.64. The molecular weight excluding hydrogens is 348 g/mol. The zero-order chi connectivity index (χ0) is 18.4. The fourth-order valence-electron chi connectivity index (χ4n) is 4.60. The van der Waals surface area contributed by atoms with Gasteiger partial charge in [0, 0.05) is 19.4 Å². The van der Waals surface area contributed by atoms with Gasteiger partial charge in [-0.25, -0.2) is 4.68 Å². The van der Waals surface area contributed by atoms with Crippen molar-refractivity contribution in [2.75, 3.05) is 13.1 Å². The number of benzene rings is 1. The van der Waals surface area contributed by atoms with Crippen LogP contribution in [0.15, 0.2) is 36.7 Å². The van der Waals surface area contributed by atoms with Crippen LogP contribution in [0.3, 0.4) is 0 Å². The van der Waals surface area contributed by atoms with Crippen LogP contribution in [-0.4, -0.2) is 66.7 Å². The van der Waals surface area contributed by atoms with Gasteiger partial charge >= 0.3 is 0 Å². The molecule has 3 aliphatic rings. The number of ether oxygens (including phenoxy) is 1. The molecule has 0 saturated carbocycles. The number of nitrogens with zero attached hydrogens (tertiary/aromatic N) is 6. The molecule has 27 heavy (non-hydrogen) atoms. The topological polar surface area (TPSA) is 93.4 Å². The number of tetrazole rings is 1. The summed E-state index contributed by atoms with van der Waals surface area (Å²) in [5, 5.41) is 10.9. The molecule has 0 unspecified atom stereocenters. The zero-order valence-corrected chi connectivity index (χ0v) is 14.8. The number of carbonyl (C=O) groups excluding carboxylic acids is 2. The predicted octanol–water partition coefficient (Wildman–Crippen LogP) is 0.364. The SMILES string of the molecule is O=C(CCn1cnnn1)N1CC[C@@]23O[C@@H](c4ccccc4)CN2C(=O)C[C@@H]13. The summed E-state index contributed by atoms with van der Waals surface area (Å²) < 4.78 is 7.99. The molecule has 3 atom stereocenters. The number of aromatic nitrogens is 4. The van der Waals surface area contributed by atoms with Gasteiger partial charge in [0.15, 0.2) is 5.72 Å². The Labute approximate surface area is 155 Å². The summed E-state index contributed by atoms with van der Waals surface area (Å²) in [7, 11) is 0. The Morgan fingerprint density at radius 1 is 1.30 bits per heavy atom. The Balaban J connectivity index is 1.34. The van der Waals surface area contributed by atoms with Crippen LogP contribution < -0.4 is 0 Å². The van der Waals surface area contributed by atoms with Crippen molar-refractivity contribution in [1.29, 1.82) is 0 Å². The largest absolute Gasteiger partial charge is 0.343 e. The van der Waals surface area contributed by atoms with E-state index in [-0.39, 0.29) is 24.0 Å². The number of amides is 2. The number of hydrogen-bond donors (Lipinski definition) is 0. The van der Waals surface area contributed by atoms with Crippen LogP contribution in [0, 0.1) is 0 Å². The maximum atomic E-state index is 12.8. The lowest BCUT2D eigenvalue weighted by molar-refractivity contribution is -0.143. The van der Waals surface area contributed by atoms with E-state index in [0.29, 0.717) is 38.9 Å². The molecule has 2 amide bonds. The van der Waals surface area contributed by atoms with Gasteiger partial charge in [0.1, 0.15) is 12.4 Å². The fraction of sp³-hybridized carbons (Fsp3) is 0.500. The molecule has 3 aliphatic heterocycles. The molecule has 2 aromatic rings. The monoisotopic (exact) mass is 368 g/mol. The molecule has 5 rings (SSSR count).